The van der Waals surface area contributed by atoms with E-state index >= 15 is 0 Å². The van der Waals surface area contributed by atoms with E-state index in [0.717, 1.165) is 63.3 Å². The van der Waals surface area contributed by atoms with Gasteiger partial charge in [-0.05, 0) is 74.9 Å². The minimum atomic E-state index is -4.44. The minimum absolute atomic E-state index is 0.0818. The summed E-state index contributed by atoms with van der Waals surface area (Å²) in [6, 6.07) is 9.12. The van der Waals surface area contributed by atoms with Gasteiger partial charge in [-0.2, -0.15) is 17.5 Å². The summed E-state index contributed by atoms with van der Waals surface area (Å²) in [6.45, 7) is 2.88. The van der Waals surface area contributed by atoms with Gasteiger partial charge in [-0.3, -0.25) is 4.79 Å². The molecule has 38 heavy (non-hydrogen) atoms. The highest BCUT2D eigenvalue weighted by Gasteiger charge is 2.42. The van der Waals surface area contributed by atoms with Gasteiger partial charge in [-0.15, -0.1) is 0 Å². The van der Waals surface area contributed by atoms with Gasteiger partial charge < -0.3 is 15.5 Å². The number of pyridine rings is 1. The summed E-state index contributed by atoms with van der Waals surface area (Å²) in [5.41, 5.74) is -0.125. The van der Waals surface area contributed by atoms with Gasteiger partial charge in [0, 0.05) is 50.6 Å². The van der Waals surface area contributed by atoms with Crippen LogP contribution in [0.3, 0.4) is 0 Å². The maximum Gasteiger partial charge on any atom is 0.417 e. The van der Waals surface area contributed by atoms with Crippen molar-refractivity contribution in [3.63, 3.8) is 0 Å². The number of aromatic nitrogens is 1. The molecule has 3 fully saturated rings. The third-order valence-electron chi connectivity index (χ3n) is 8.06. The summed E-state index contributed by atoms with van der Waals surface area (Å²) in [5, 5.41) is 6.11. The highest BCUT2D eigenvalue weighted by molar-refractivity contribution is 7.89. The van der Waals surface area contributed by atoms with Gasteiger partial charge >= 0.3 is 6.18 Å². The van der Waals surface area contributed by atoms with Gasteiger partial charge in [-0.1, -0.05) is 0 Å². The third-order valence-corrected chi connectivity index (χ3v) is 9.97. The first kappa shape index (κ1) is 26.7. The van der Waals surface area contributed by atoms with Crippen LogP contribution in [0.25, 0.3) is 0 Å². The van der Waals surface area contributed by atoms with Gasteiger partial charge in [0.2, 0.25) is 15.9 Å². The van der Waals surface area contributed by atoms with E-state index in [1.165, 1.54) is 10.4 Å². The van der Waals surface area contributed by atoms with Crippen LogP contribution in [-0.2, 0) is 21.0 Å². The van der Waals surface area contributed by atoms with Crippen molar-refractivity contribution >= 4 is 27.4 Å². The van der Waals surface area contributed by atoms with Gasteiger partial charge in [0.05, 0.1) is 15.9 Å². The molecule has 2 N–H and O–H groups in total. The monoisotopic (exact) mass is 551 g/mol. The van der Waals surface area contributed by atoms with Crippen LogP contribution in [0.2, 0.25) is 0 Å². The molecule has 0 saturated carbocycles. The predicted octanol–water partition coefficient (Wildman–Crippen LogP) is 3.86. The Morgan fingerprint density at radius 1 is 0.974 bits per heavy atom. The van der Waals surface area contributed by atoms with Crippen LogP contribution in [-0.4, -0.2) is 62.4 Å². The molecule has 12 heteroatoms. The molecular formula is C26H32F3N5O3S. The molecule has 0 atom stereocenters. The van der Waals surface area contributed by atoms with Crippen molar-refractivity contribution in [2.45, 2.75) is 55.6 Å². The molecule has 3 aliphatic heterocycles. The molecule has 0 aliphatic carbocycles. The number of carbonyl (C=O) groups excluding carboxylic acids is 1. The molecule has 8 nitrogen and oxygen atoms in total. The molecule has 0 radical (unpaired) electrons. The average Bonchev–Trinajstić information content (AvgIpc) is 2.91. The van der Waals surface area contributed by atoms with E-state index in [0.29, 0.717) is 31.7 Å². The summed E-state index contributed by atoms with van der Waals surface area (Å²) >= 11 is 0. The maximum atomic E-state index is 13.2. The van der Waals surface area contributed by atoms with Crippen molar-refractivity contribution < 1.29 is 26.4 Å². The van der Waals surface area contributed by atoms with Crippen molar-refractivity contribution in [1.82, 2.24) is 14.6 Å². The fourth-order valence-corrected chi connectivity index (χ4v) is 7.14. The molecule has 3 aliphatic rings. The summed E-state index contributed by atoms with van der Waals surface area (Å²) < 4.78 is 66.1. The minimum Gasteiger partial charge on any atom is -0.371 e. The molecule has 206 valence electrons. The molecule has 1 amide bonds. The molecule has 5 rings (SSSR count). The fraction of sp³-hybridized carbons (Fsp3) is 0.538. The van der Waals surface area contributed by atoms with E-state index in [-0.39, 0.29) is 22.3 Å². The van der Waals surface area contributed by atoms with Crippen molar-refractivity contribution in [3.8, 4) is 0 Å². The number of halogens is 3. The Bertz CT molecular complexity index is 1240. The van der Waals surface area contributed by atoms with Crippen LogP contribution in [0.15, 0.2) is 47.5 Å². The molecule has 2 aromatic rings. The van der Waals surface area contributed by atoms with E-state index in [1.807, 2.05) is 12.1 Å². The Hall–Kier alpha value is -2.86. The average molecular weight is 552 g/mol. The van der Waals surface area contributed by atoms with Gasteiger partial charge in [0.25, 0.3) is 0 Å². The normalized spacial score (nSPS) is 21.3. The second-order valence-electron chi connectivity index (χ2n) is 10.4. The van der Waals surface area contributed by atoms with E-state index in [1.54, 1.807) is 12.1 Å². The lowest BCUT2D eigenvalue weighted by molar-refractivity contribution is -0.138. The highest BCUT2D eigenvalue weighted by atomic mass is 32.2. The number of nitrogens with one attached hydrogen (secondary N) is 2. The first-order valence-corrected chi connectivity index (χ1v) is 14.4. The number of amides is 1. The standard InChI is InChI=1S/C26H32F3N5O3S/c27-26(28,29)19-2-7-23(31-18-19)32-20-8-14-34(15-9-20)38(36,37)22-5-3-21(4-6-22)33-16-11-25(12-17-33)10-1-13-30-24(25)35/h2-7,18,20H,1,8-17H2,(H,30,35)(H,31,32). The van der Waals surface area contributed by atoms with Crippen LogP contribution < -0.4 is 15.5 Å². The van der Waals surface area contributed by atoms with Crippen LogP contribution in [0, 0.1) is 5.41 Å². The van der Waals surface area contributed by atoms with E-state index < -0.39 is 21.8 Å². The number of piperidine rings is 3. The number of anilines is 2. The lowest BCUT2D eigenvalue weighted by Crippen LogP contribution is -2.52. The van der Waals surface area contributed by atoms with Gasteiger partial charge in [0.1, 0.15) is 5.82 Å². The highest BCUT2D eigenvalue weighted by Crippen LogP contribution is 2.39. The third kappa shape index (κ3) is 5.47. The Morgan fingerprint density at radius 2 is 1.66 bits per heavy atom. The zero-order valence-corrected chi connectivity index (χ0v) is 21.8. The lowest BCUT2D eigenvalue weighted by atomic mass is 9.72. The van der Waals surface area contributed by atoms with Crippen molar-refractivity contribution in [2.24, 2.45) is 5.41 Å². The zero-order valence-electron chi connectivity index (χ0n) is 21.0. The second kappa shape index (κ2) is 10.4. The summed E-state index contributed by atoms with van der Waals surface area (Å²) in [7, 11) is -3.66. The molecular weight excluding hydrogens is 519 g/mol. The van der Waals surface area contributed by atoms with E-state index in [9.17, 15) is 26.4 Å². The summed E-state index contributed by atoms with van der Waals surface area (Å²) in [5.74, 6) is 0.502. The topological polar surface area (TPSA) is 94.6 Å². The molecule has 1 aromatic heterocycles. The predicted molar refractivity (Wildman–Crippen MR) is 137 cm³/mol. The quantitative estimate of drug-likeness (QED) is 0.586. The van der Waals surface area contributed by atoms with Crippen LogP contribution >= 0.6 is 0 Å². The fourth-order valence-electron chi connectivity index (χ4n) is 5.67. The largest absolute Gasteiger partial charge is 0.417 e. The SMILES string of the molecule is O=C1NCCCC12CCN(c1ccc(S(=O)(=O)N3CCC(Nc4ccc(C(F)(F)F)cn4)CC3)cc1)CC2. The van der Waals surface area contributed by atoms with Gasteiger partial charge in [0.15, 0.2) is 0 Å². The Balaban J connectivity index is 1.15. The second-order valence-corrected chi connectivity index (χ2v) is 12.3. The zero-order chi connectivity index (χ0) is 27.0. The molecule has 4 heterocycles. The number of benzene rings is 1. The Morgan fingerprint density at radius 3 is 2.24 bits per heavy atom. The number of nitrogens with zero attached hydrogens (tertiary/aromatic N) is 3. The lowest BCUT2D eigenvalue weighted by Gasteiger charge is -2.43. The molecule has 1 spiro atoms. The summed E-state index contributed by atoms with van der Waals surface area (Å²) in [4.78, 5) is 18.7. The first-order valence-electron chi connectivity index (χ1n) is 13.0. The number of carbonyl (C=O) groups is 1. The number of sulfonamides is 1. The van der Waals surface area contributed by atoms with Gasteiger partial charge in [-0.25, -0.2) is 13.4 Å². The van der Waals surface area contributed by atoms with Crippen LogP contribution in [0.4, 0.5) is 24.7 Å². The Labute approximate surface area is 220 Å². The summed E-state index contributed by atoms with van der Waals surface area (Å²) in [6.07, 6.45) is 0.918. The molecule has 3 saturated heterocycles. The van der Waals surface area contributed by atoms with E-state index in [4.69, 9.17) is 0 Å². The van der Waals surface area contributed by atoms with Crippen molar-refractivity contribution in [3.05, 3.63) is 48.2 Å². The molecule has 0 bridgehead atoms. The first-order chi connectivity index (χ1) is 18.1. The molecule has 1 aromatic carbocycles. The Kier molecular flexibility index (Phi) is 7.29. The number of rotatable bonds is 5. The van der Waals surface area contributed by atoms with Crippen molar-refractivity contribution in [2.75, 3.05) is 42.9 Å². The molecule has 0 unspecified atom stereocenters. The van der Waals surface area contributed by atoms with Crippen LogP contribution in [0.1, 0.15) is 44.1 Å². The number of hydrogen-bond acceptors (Lipinski definition) is 6. The maximum absolute atomic E-state index is 13.2. The number of hydrogen-bond donors (Lipinski definition) is 2. The van der Waals surface area contributed by atoms with E-state index in [2.05, 4.69) is 20.5 Å². The smallest absolute Gasteiger partial charge is 0.371 e. The van der Waals surface area contributed by atoms with Crippen molar-refractivity contribution in [1.29, 1.82) is 0 Å². The number of alkyl halides is 3. The van der Waals surface area contributed by atoms with Crippen LogP contribution in [0.5, 0.6) is 0 Å².